The fourth-order valence-corrected chi connectivity index (χ4v) is 4.20. The summed E-state index contributed by atoms with van der Waals surface area (Å²) in [6.45, 7) is -0.234. The number of amidine groups is 1. The number of nitrogens with zero attached hydrogens (tertiary/aromatic N) is 1. The van der Waals surface area contributed by atoms with Gasteiger partial charge in [0.05, 0.1) is 11.8 Å². The number of halogens is 2. The lowest BCUT2D eigenvalue weighted by Gasteiger charge is -2.18. The molecular weight excluding hydrogens is 476 g/mol. The maximum absolute atomic E-state index is 13.2. The summed E-state index contributed by atoms with van der Waals surface area (Å²) in [5.74, 6) is -1.71. The van der Waals surface area contributed by atoms with Gasteiger partial charge in [0.1, 0.15) is 10.7 Å². The first-order valence-electron chi connectivity index (χ1n) is 7.39. The van der Waals surface area contributed by atoms with Gasteiger partial charge in [-0.3, -0.25) is 9.52 Å². The van der Waals surface area contributed by atoms with Gasteiger partial charge >= 0.3 is 0 Å². The summed E-state index contributed by atoms with van der Waals surface area (Å²) in [6, 6.07) is 9.96. The lowest BCUT2D eigenvalue weighted by molar-refractivity contribution is -0.115. The predicted octanol–water partition coefficient (Wildman–Crippen LogP) is 1.60. The lowest BCUT2D eigenvalue weighted by atomic mass is 10.1. The maximum atomic E-state index is 13.2. The van der Waals surface area contributed by atoms with Crippen molar-refractivity contribution in [2.45, 2.75) is 11.0 Å². The second-order valence-corrected chi connectivity index (χ2v) is 8.36. The van der Waals surface area contributed by atoms with Crippen LogP contribution in [0, 0.1) is 9.39 Å². The van der Waals surface area contributed by atoms with Gasteiger partial charge in [-0.25, -0.2) is 17.8 Å². The molecule has 1 aliphatic rings. The van der Waals surface area contributed by atoms with Gasteiger partial charge < -0.3 is 10.4 Å². The van der Waals surface area contributed by atoms with Crippen molar-refractivity contribution in [3.63, 3.8) is 0 Å². The van der Waals surface area contributed by atoms with Crippen LogP contribution in [0.2, 0.25) is 0 Å². The van der Waals surface area contributed by atoms with E-state index in [9.17, 15) is 22.7 Å². The van der Waals surface area contributed by atoms with Crippen LogP contribution in [0.1, 0.15) is 11.7 Å². The molecule has 10 heteroatoms. The zero-order chi connectivity index (χ0) is 18.9. The fourth-order valence-electron chi connectivity index (χ4n) is 2.32. The SMILES string of the molecule is O=C(NCC(O)c1cccc(F)c1)C1=Nc2ccc(I)cc2S(=O)(=O)N1. The van der Waals surface area contributed by atoms with E-state index in [2.05, 4.69) is 15.0 Å². The highest BCUT2D eigenvalue weighted by Gasteiger charge is 2.29. The van der Waals surface area contributed by atoms with E-state index in [0.717, 1.165) is 6.07 Å². The minimum Gasteiger partial charge on any atom is -0.387 e. The van der Waals surface area contributed by atoms with Gasteiger partial charge in [-0.2, -0.15) is 0 Å². The first-order valence-corrected chi connectivity index (χ1v) is 9.95. The van der Waals surface area contributed by atoms with E-state index in [1.807, 2.05) is 22.6 Å². The number of aliphatic hydroxyl groups is 1. The Morgan fingerprint density at radius 2 is 2.08 bits per heavy atom. The first kappa shape index (κ1) is 18.7. The average molecular weight is 489 g/mol. The largest absolute Gasteiger partial charge is 0.387 e. The Morgan fingerprint density at radius 3 is 2.81 bits per heavy atom. The number of sulfonamides is 1. The molecule has 1 aliphatic heterocycles. The quantitative estimate of drug-likeness (QED) is 0.568. The number of carbonyl (C=O) groups is 1. The molecule has 0 bridgehead atoms. The molecule has 0 saturated carbocycles. The molecule has 0 aliphatic carbocycles. The number of rotatable bonds is 4. The van der Waals surface area contributed by atoms with Crippen molar-refractivity contribution in [2.24, 2.45) is 4.99 Å². The molecule has 26 heavy (non-hydrogen) atoms. The predicted molar refractivity (Wildman–Crippen MR) is 101 cm³/mol. The minimum absolute atomic E-state index is 0.0132. The van der Waals surface area contributed by atoms with Crippen LogP contribution in [0.25, 0.3) is 0 Å². The highest BCUT2D eigenvalue weighted by atomic mass is 127. The van der Waals surface area contributed by atoms with E-state index in [1.165, 1.54) is 30.3 Å². The summed E-state index contributed by atoms with van der Waals surface area (Å²) in [7, 11) is -3.91. The number of nitrogens with one attached hydrogen (secondary N) is 2. The molecule has 7 nitrogen and oxygen atoms in total. The fraction of sp³-hybridized carbons (Fsp3) is 0.125. The van der Waals surface area contributed by atoms with Crippen molar-refractivity contribution in [2.75, 3.05) is 6.54 Å². The van der Waals surface area contributed by atoms with E-state index in [-0.39, 0.29) is 22.7 Å². The third-order valence-electron chi connectivity index (χ3n) is 3.58. The second-order valence-electron chi connectivity index (χ2n) is 5.46. The molecule has 3 rings (SSSR count). The molecule has 0 aromatic heterocycles. The summed E-state index contributed by atoms with van der Waals surface area (Å²) in [5, 5.41) is 12.4. The Hall–Kier alpha value is -2.05. The zero-order valence-electron chi connectivity index (χ0n) is 13.1. The topological polar surface area (TPSA) is 108 Å². The Bertz CT molecular complexity index is 1010. The highest BCUT2D eigenvalue weighted by molar-refractivity contribution is 14.1. The molecule has 136 valence electrons. The van der Waals surface area contributed by atoms with Crippen LogP contribution < -0.4 is 10.0 Å². The Morgan fingerprint density at radius 1 is 1.31 bits per heavy atom. The van der Waals surface area contributed by atoms with E-state index in [1.54, 1.807) is 6.07 Å². The molecule has 3 N–H and O–H groups in total. The highest BCUT2D eigenvalue weighted by Crippen LogP contribution is 2.29. The molecule has 1 heterocycles. The summed E-state index contributed by atoms with van der Waals surface area (Å²) >= 11 is 1.98. The number of amides is 1. The van der Waals surface area contributed by atoms with Gasteiger partial charge in [0, 0.05) is 10.1 Å². The van der Waals surface area contributed by atoms with Gasteiger partial charge in [-0.1, -0.05) is 12.1 Å². The van der Waals surface area contributed by atoms with Crippen molar-refractivity contribution >= 4 is 50.0 Å². The summed E-state index contributed by atoms with van der Waals surface area (Å²) in [6.07, 6.45) is -1.15. The number of fused-ring (bicyclic) bond motifs is 1. The molecule has 0 saturated heterocycles. The van der Waals surface area contributed by atoms with Crippen molar-refractivity contribution in [3.05, 3.63) is 57.4 Å². The van der Waals surface area contributed by atoms with Crippen LogP contribution in [-0.4, -0.2) is 31.8 Å². The monoisotopic (exact) mass is 489 g/mol. The summed E-state index contributed by atoms with van der Waals surface area (Å²) in [5.41, 5.74) is 0.441. The van der Waals surface area contributed by atoms with Crippen molar-refractivity contribution in [3.8, 4) is 0 Å². The van der Waals surface area contributed by atoms with Gasteiger partial charge in [-0.15, -0.1) is 0 Å². The third-order valence-corrected chi connectivity index (χ3v) is 5.62. The number of benzene rings is 2. The molecule has 0 radical (unpaired) electrons. The van der Waals surface area contributed by atoms with Gasteiger partial charge in [0.2, 0.25) is 5.84 Å². The lowest BCUT2D eigenvalue weighted by Crippen LogP contribution is -2.45. The molecule has 0 spiro atoms. The van der Waals surface area contributed by atoms with Crippen LogP contribution in [0.4, 0.5) is 10.1 Å². The van der Waals surface area contributed by atoms with Gasteiger partial charge in [-0.05, 0) is 58.5 Å². The Balaban J connectivity index is 1.75. The van der Waals surface area contributed by atoms with E-state index < -0.39 is 33.7 Å². The molecular formula is C16H13FIN3O4S. The smallest absolute Gasteiger partial charge is 0.287 e. The van der Waals surface area contributed by atoms with Gasteiger partial charge in [0.25, 0.3) is 15.9 Å². The Kier molecular flexibility index (Phi) is 5.25. The number of hydrogen-bond donors (Lipinski definition) is 3. The molecule has 1 atom stereocenters. The maximum Gasteiger partial charge on any atom is 0.287 e. The normalized spacial score (nSPS) is 16.0. The van der Waals surface area contributed by atoms with Crippen molar-refractivity contribution < 1.29 is 22.7 Å². The zero-order valence-corrected chi connectivity index (χ0v) is 16.1. The van der Waals surface area contributed by atoms with Gasteiger partial charge in [0.15, 0.2) is 0 Å². The summed E-state index contributed by atoms with van der Waals surface area (Å²) in [4.78, 5) is 16.2. The number of hydrogen-bond acceptors (Lipinski definition) is 5. The molecule has 2 aromatic rings. The Labute approximate surface area is 162 Å². The van der Waals surface area contributed by atoms with Crippen LogP contribution in [0.5, 0.6) is 0 Å². The molecule has 0 fully saturated rings. The van der Waals surface area contributed by atoms with Crippen molar-refractivity contribution in [1.82, 2.24) is 10.0 Å². The van der Waals surface area contributed by atoms with Crippen LogP contribution in [-0.2, 0) is 14.8 Å². The number of aliphatic imine (C=N–C) groups is 1. The second kappa shape index (κ2) is 7.29. The van der Waals surface area contributed by atoms with Crippen LogP contribution in [0.15, 0.2) is 52.4 Å². The van der Waals surface area contributed by atoms with Crippen LogP contribution >= 0.6 is 22.6 Å². The van der Waals surface area contributed by atoms with E-state index in [4.69, 9.17) is 0 Å². The summed E-state index contributed by atoms with van der Waals surface area (Å²) < 4.78 is 40.5. The average Bonchev–Trinajstić information content (AvgIpc) is 2.59. The standard InChI is InChI=1S/C16H13FIN3O4S/c17-10-3-1-2-9(6-10)13(22)8-19-16(23)15-20-12-5-4-11(18)7-14(12)26(24,25)21-15/h1-7,13,22H,8H2,(H,19,23)(H,20,21). The minimum atomic E-state index is -3.91. The third kappa shape index (κ3) is 4.02. The van der Waals surface area contributed by atoms with Crippen LogP contribution in [0.3, 0.4) is 0 Å². The molecule has 1 amide bonds. The van der Waals surface area contributed by atoms with Crippen molar-refractivity contribution in [1.29, 1.82) is 0 Å². The number of aliphatic hydroxyl groups excluding tert-OH is 1. The van der Waals surface area contributed by atoms with E-state index in [0.29, 0.717) is 3.57 Å². The molecule has 1 unspecified atom stereocenters. The number of carbonyl (C=O) groups excluding carboxylic acids is 1. The van der Waals surface area contributed by atoms with E-state index >= 15 is 0 Å². The molecule has 2 aromatic carbocycles. The first-order chi connectivity index (χ1) is 12.3.